The van der Waals surface area contributed by atoms with E-state index in [-0.39, 0.29) is 18.4 Å². The van der Waals surface area contributed by atoms with E-state index in [1.165, 1.54) is 17.3 Å². The predicted octanol–water partition coefficient (Wildman–Crippen LogP) is 2.46. The number of hydrogen-bond acceptors (Lipinski definition) is 9. The predicted molar refractivity (Wildman–Crippen MR) is 116 cm³/mol. The number of carbonyl (C=O) groups excluding carboxylic acids is 1. The number of ether oxygens (including phenoxy) is 4. The van der Waals surface area contributed by atoms with Gasteiger partial charge < -0.3 is 24.7 Å². The molecule has 10 nitrogen and oxygen atoms in total. The van der Waals surface area contributed by atoms with Crippen LogP contribution in [-0.2, 0) is 29.3 Å². The molecule has 0 unspecified atom stereocenters. The van der Waals surface area contributed by atoms with Gasteiger partial charge in [-0.25, -0.2) is 9.50 Å². The SMILES string of the molecule is CC1(C)O[C@H]2[C@@H](O1)[C@](C#N)(c1ccc3c(N)ncnn13)O[C@@H]2COC(=O)CC1CCCCC1. The molecule has 2 saturated heterocycles. The summed E-state index contributed by atoms with van der Waals surface area (Å²) in [5, 5.41) is 14.6. The minimum absolute atomic E-state index is 0.0178. The molecule has 3 aliphatic rings. The molecule has 1 aliphatic carbocycles. The van der Waals surface area contributed by atoms with E-state index in [0.29, 0.717) is 23.5 Å². The molecule has 33 heavy (non-hydrogen) atoms. The molecular formula is C23H29N5O5. The summed E-state index contributed by atoms with van der Waals surface area (Å²) in [7, 11) is 0. The summed E-state index contributed by atoms with van der Waals surface area (Å²) in [6, 6.07) is 5.76. The fraction of sp³-hybridized carbons (Fsp3) is 0.652. The van der Waals surface area contributed by atoms with E-state index in [1.807, 2.05) is 0 Å². The molecule has 176 valence electrons. The number of hydrogen-bond donors (Lipinski definition) is 1. The first-order chi connectivity index (χ1) is 15.8. The maximum Gasteiger partial charge on any atom is 0.306 e. The third kappa shape index (κ3) is 3.84. The molecule has 2 aromatic rings. The van der Waals surface area contributed by atoms with Crippen LogP contribution >= 0.6 is 0 Å². The molecule has 3 fully saturated rings. The largest absolute Gasteiger partial charge is 0.463 e. The second kappa shape index (κ2) is 8.24. The number of nitriles is 1. The number of fused-ring (bicyclic) bond motifs is 2. The van der Waals surface area contributed by atoms with Crippen LogP contribution < -0.4 is 5.73 Å². The lowest BCUT2D eigenvalue weighted by Gasteiger charge is -2.29. The number of anilines is 1. The molecule has 4 heterocycles. The smallest absolute Gasteiger partial charge is 0.306 e. The molecule has 10 heteroatoms. The van der Waals surface area contributed by atoms with Crippen LogP contribution in [0.15, 0.2) is 18.5 Å². The zero-order valence-electron chi connectivity index (χ0n) is 18.9. The van der Waals surface area contributed by atoms with E-state index in [9.17, 15) is 10.1 Å². The monoisotopic (exact) mass is 455 g/mol. The lowest BCUT2D eigenvalue weighted by atomic mass is 9.87. The van der Waals surface area contributed by atoms with Gasteiger partial charge in [-0.2, -0.15) is 10.4 Å². The molecule has 1 saturated carbocycles. The number of esters is 1. The molecule has 2 aliphatic heterocycles. The van der Waals surface area contributed by atoms with Gasteiger partial charge in [-0.15, -0.1) is 0 Å². The van der Waals surface area contributed by atoms with Gasteiger partial charge >= 0.3 is 5.97 Å². The number of nitrogen functional groups attached to an aromatic ring is 1. The highest BCUT2D eigenvalue weighted by Crippen LogP contribution is 2.49. The van der Waals surface area contributed by atoms with Gasteiger partial charge in [-0.3, -0.25) is 4.79 Å². The second-order valence-electron chi connectivity index (χ2n) is 9.58. The maximum atomic E-state index is 12.5. The van der Waals surface area contributed by atoms with Gasteiger partial charge in [-0.05, 0) is 44.7 Å². The third-order valence-electron chi connectivity index (χ3n) is 6.85. The summed E-state index contributed by atoms with van der Waals surface area (Å²) in [5.74, 6) is -0.504. The zero-order valence-corrected chi connectivity index (χ0v) is 18.9. The van der Waals surface area contributed by atoms with Crippen LogP contribution in [0.25, 0.3) is 5.52 Å². The molecule has 5 rings (SSSR count). The molecule has 0 aromatic carbocycles. The number of carbonyl (C=O) groups is 1. The summed E-state index contributed by atoms with van der Waals surface area (Å²) in [6.07, 6.45) is 5.42. The second-order valence-corrected chi connectivity index (χ2v) is 9.58. The number of nitrogens with two attached hydrogens (primary N) is 1. The minimum atomic E-state index is -1.52. The van der Waals surface area contributed by atoms with E-state index < -0.39 is 29.7 Å². The number of rotatable bonds is 5. The van der Waals surface area contributed by atoms with Crippen LogP contribution in [0.3, 0.4) is 0 Å². The average Bonchev–Trinajstić information content (AvgIpc) is 3.44. The highest BCUT2D eigenvalue weighted by Gasteiger charge is 2.65. The highest BCUT2D eigenvalue weighted by atomic mass is 16.8. The molecule has 0 bridgehead atoms. The van der Waals surface area contributed by atoms with Gasteiger partial charge in [0.2, 0.25) is 5.60 Å². The van der Waals surface area contributed by atoms with Gasteiger partial charge in [0.15, 0.2) is 11.6 Å². The van der Waals surface area contributed by atoms with Crippen molar-refractivity contribution in [2.75, 3.05) is 12.3 Å². The van der Waals surface area contributed by atoms with E-state index >= 15 is 0 Å². The normalized spacial score (nSPS) is 31.4. The Kier molecular flexibility index (Phi) is 5.51. The lowest BCUT2D eigenvalue weighted by molar-refractivity contribution is -0.207. The first-order valence-electron chi connectivity index (χ1n) is 11.5. The topological polar surface area (TPSA) is 134 Å². The van der Waals surface area contributed by atoms with E-state index in [1.54, 1.807) is 26.0 Å². The standard InChI is InChI=1S/C23H29N5O5/c1-22(2)32-19-16(11-30-18(29)10-14-6-4-3-5-7-14)31-23(12-24,20(19)33-22)17-9-8-15-21(25)26-13-27-28(15)17/h8-9,13-14,16,19-20H,3-7,10-11H2,1-2H3,(H2,25,26,27)/t16-,19-,20-,23+/m1/s1. The molecular weight excluding hydrogens is 426 g/mol. The van der Waals surface area contributed by atoms with Crippen LogP contribution in [0.5, 0.6) is 0 Å². The molecule has 2 N–H and O–H groups in total. The Bertz CT molecular complexity index is 1090. The Hall–Kier alpha value is -2.74. The summed E-state index contributed by atoms with van der Waals surface area (Å²) < 4.78 is 25.7. The Labute approximate surface area is 191 Å². The number of nitrogens with zero attached hydrogens (tertiary/aromatic N) is 4. The van der Waals surface area contributed by atoms with Crippen molar-refractivity contribution in [3.63, 3.8) is 0 Å². The zero-order chi connectivity index (χ0) is 23.2. The van der Waals surface area contributed by atoms with Crippen molar-refractivity contribution in [2.45, 2.75) is 82.1 Å². The first kappa shape index (κ1) is 22.1. The van der Waals surface area contributed by atoms with Crippen LogP contribution in [0, 0.1) is 17.2 Å². The van der Waals surface area contributed by atoms with Crippen molar-refractivity contribution < 1.29 is 23.7 Å². The van der Waals surface area contributed by atoms with E-state index in [4.69, 9.17) is 24.7 Å². The molecule has 4 atom stereocenters. The summed E-state index contributed by atoms with van der Waals surface area (Å²) in [5.41, 5.74) is 5.47. The van der Waals surface area contributed by atoms with Crippen molar-refractivity contribution >= 4 is 17.3 Å². The van der Waals surface area contributed by atoms with Crippen molar-refractivity contribution in [2.24, 2.45) is 5.92 Å². The molecule has 0 amide bonds. The Morgan fingerprint density at radius 1 is 1.27 bits per heavy atom. The van der Waals surface area contributed by atoms with Crippen LogP contribution in [-0.4, -0.2) is 51.3 Å². The van der Waals surface area contributed by atoms with E-state index in [2.05, 4.69) is 16.2 Å². The first-order valence-corrected chi connectivity index (χ1v) is 11.5. The van der Waals surface area contributed by atoms with Gasteiger partial charge in [0.25, 0.3) is 0 Å². The molecule has 2 aromatic heterocycles. The molecule has 0 spiro atoms. The van der Waals surface area contributed by atoms with Crippen molar-refractivity contribution in [1.82, 2.24) is 14.6 Å². The fourth-order valence-electron chi connectivity index (χ4n) is 5.33. The summed E-state index contributed by atoms with van der Waals surface area (Å²) >= 11 is 0. The van der Waals surface area contributed by atoms with Crippen LogP contribution in [0.4, 0.5) is 5.82 Å². The van der Waals surface area contributed by atoms with Crippen molar-refractivity contribution in [1.29, 1.82) is 5.26 Å². The third-order valence-corrected chi connectivity index (χ3v) is 6.85. The lowest BCUT2D eigenvalue weighted by Crippen LogP contribution is -2.40. The minimum Gasteiger partial charge on any atom is -0.463 e. The quantitative estimate of drug-likeness (QED) is 0.675. The average molecular weight is 456 g/mol. The van der Waals surface area contributed by atoms with E-state index in [0.717, 1.165) is 25.7 Å². The van der Waals surface area contributed by atoms with Crippen molar-refractivity contribution in [3.05, 3.63) is 24.2 Å². The van der Waals surface area contributed by atoms with Gasteiger partial charge in [0, 0.05) is 6.42 Å². The summed E-state index contributed by atoms with van der Waals surface area (Å²) in [4.78, 5) is 16.5. The van der Waals surface area contributed by atoms with Crippen LogP contribution in [0.1, 0.15) is 58.1 Å². The molecule has 0 radical (unpaired) electrons. The Morgan fingerprint density at radius 2 is 2.06 bits per heavy atom. The fourth-order valence-corrected chi connectivity index (χ4v) is 5.33. The van der Waals surface area contributed by atoms with Crippen LogP contribution in [0.2, 0.25) is 0 Å². The summed E-state index contributed by atoms with van der Waals surface area (Å²) in [6.45, 7) is 3.56. The highest BCUT2D eigenvalue weighted by molar-refractivity contribution is 5.69. The number of aromatic nitrogens is 3. The maximum absolute atomic E-state index is 12.5. The van der Waals surface area contributed by atoms with Gasteiger partial charge in [0.05, 0.1) is 5.69 Å². The van der Waals surface area contributed by atoms with Crippen molar-refractivity contribution in [3.8, 4) is 6.07 Å². The Morgan fingerprint density at radius 3 is 2.82 bits per heavy atom. The van der Waals surface area contributed by atoms with Gasteiger partial charge in [0.1, 0.15) is 42.8 Å². The Balaban J connectivity index is 1.40. The van der Waals surface area contributed by atoms with Gasteiger partial charge in [-0.1, -0.05) is 19.3 Å².